The van der Waals surface area contributed by atoms with Gasteiger partial charge in [-0.25, -0.2) is 0 Å². The smallest absolute Gasteiger partial charge is 0.0623 e. The van der Waals surface area contributed by atoms with Gasteiger partial charge in [0.05, 0.1) is 12.1 Å². The molecule has 0 aromatic heterocycles. The molecule has 1 rings (SSSR count). The fourth-order valence-corrected chi connectivity index (χ4v) is 2.64. The van der Waals surface area contributed by atoms with Crippen LogP contribution in [0.1, 0.15) is 33.6 Å². The van der Waals surface area contributed by atoms with Gasteiger partial charge in [0.15, 0.2) is 0 Å². The molecule has 0 radical (unpaired) electrons. The number of aliphatic hydroxyl groups excluding tert-OH is 1. The van der Waals surface area contributed by atoms with E-state index in [0.717, 1.165) is 32.6 Å². The second kappa shape index (κ2) is 6.69. The van der Waals surface area contributed by atoms with Gasteiger partial charge < -0.3 is 20.1 Å². The van der Waals surface area contributed by atoms with Gasteiger partial charge in [-0.3, -0.25) is 0 Å². The van der Waals surface area contributed by atoms with Crippen molar-refractivity contribution in [2.24, 2.45) is 0 Å². The average molecular weight is 244 g/mol. The monoisotopic (exact) mass is 244 g/mol. The summed E-state index contributed by atoms with van der Waals surface area (Å²) in [6.45, 7) is 9.07. The van der Waals surface area contributed by atoms with E-state index in [4.69, 9.17) is 4.74 Å². The molecule has 4 heteroatoms. The van der Waals surface area contributed by atoms with Crippen LogP contribution in [0.4, 0.5) is 0 Å². The molecule has 0 amide bonds. The minimum atomic E-state index is -0.221. The van der Waals surface area contributed by atoms with Crippen molar-refractivity contribution in [3.63, 3.8) is 0 Å². The Kier molecular flexibility index (Phi) is 5.86. The number of nitrogens with zero attached hydrogens (tertiary/aromatic N) is 1. The largest absolute Gasteiger partial charge is 0.394 e. The molecule has 0 aliphatic carbocycles. The molecule has 0 saturated carbocycles. The average Bonchev–Trinajstić information content (AvgIpc) is 2.29. The molecule has 0 aromatic carbocycles. The van der Waals surface area contributed by atoms with Crippen molar-refractivity contribution < 1.29 is 9.84 Å². The highest BCUT2D eigenvalue weighted by atomic mass is 16.5. The molecule has 1 unspecified atom stereocenters. The van der Waals surface area contributed by atoms with Crippen molar-refractivity contribution in [1.82, 2.24) is 10.2 Å². The Morgan fingerprint density at radius 3 is 2.47 bits per heavy atom. The predicted molar refractivity (Wildman–Crippen MR) is 70.2 cm³/mol. The zero-order chi connectivity index (χ0) is 12.9. The normalized spacial score (nSPS) is 22.1. The molecule has 102 valence electrons. The highest BCUT2D eigenvalue weighted by molar-refractivity contribution is 4.88. The SMILES string of the molecule is CC(C)NC(C)(CO)CN(C)C1CCOCC1. The lowest BCUT2D eigenvalue weighted by Crippen LogP contribution is -2.57. The van der Waals surface area contributed by atoms with E-state index in [1.165, 1.54) is 0 Å². The van der Waals surface area contributed by atoms with Crippen LogP contribution in [-0.4, -0.2) is 61.0 Å². The van der Waals surface area contributed by atoms with Gasteiger partial charge >= 0.3 is 0 Å². The molecule has 1 heterocycles. The first-order valence-corrected chi connectivity index (χ1v) is 6.63. The van der Waals surface area contributed by atoms with Crippen LogP contribution in [0.25, 0.3) is 0 Å². The highest BCUT2D eigenvalue weighted by Gasteiger charge is 2.29. The van der Waals surface area contributed by atoms with Crippen LogP contribution in [0.5, 0.6) is 0 Å². The number of rotatable bonds is 6. The van der Waals surface area contributed by atoms with Crippen LogP contribution in [0, 0.1) is 0 Å². The van der Waals surface area contributed by atoms with E-state index < -0.39 is 0 Å². The van der Waals surface area contributed by atoms with Crippen molar-refractivity contribution in [3.05, 3.63) is 0 Å². The Balaban J connectivity index is 2.48. The van der Waals surface area contributed by atoms with Gasteiger partial charge in [-0.1, -0.05) is 13.8 Å². The fraction of sp³-hybridized carbons (Fsp3) is 1.00. The minimum absolute atomic E-state index is 0.165. The lowest BCUT2D eigenvalue weighted by atomic mass is 9.99. The number of hydrogen-bond donors (Lipinski definition) is 2. The summed E-state index contributed by atoms with van der Waals surface area (Å²) in [5.41, 5.74) is -0.221. The van der Waals surface area contributed by atoms with Gasteiger partial charge in [-0.15, -0.1) is 0 Å². The second-order valence-electron chi connectivity index (χ2n) is 5.78. The van der Waals surface area contributed by atoms with Gasteiger partial charge in [-0.2, -0.15) is 0 Å². The molecule has 1 saturated heterocycles. The standard InChI is InChI=1S/C13H28N2O2/c1-11(2)14-13(3,10-16)9-15(4)12-5-7-17-8-6-12/h11-12,14,16H,5-10H2,1-4H3. The third kappa shape index (κ3) is 4.92. The molecular weight excluding hydrogens is 216 g/mol. The lowest BCUT2D eigenvalue weighted by molar-refractivity contribution is 0.0268. The zero-order valence-electron chi connectivity index (χ0n) is 11.7. The van der Waals surface area contributed by atoms with Crippen LogP contribution in [0.2, 0.25) is 0 Å². The summed E-state index contributed by atoms with van der Waals surface area (Å²) in [6.07, 6.45) is 2.19. The van der Waals surface area contributed by atoms with Gasteiger partial charge in [0, 0.05) is 31.8 Å². The Morgan fingerprint density at radius 2 is 2.00 bits per heavy atom. The molecule has 1 atom stereocenters. The number of likely N-dealkylation sites (N-methyl/N-ethyl adjacent to an activating group) is 1. The van der Waals surface area contributed by atoms with Crippen molar-refractivity contribution in [2.45, 2.75) is 51.2 Å². The van der Waals surface area contributed by atoms with Gasteiger partial charge in [0.25, 0.3) is 0 Å². The van der Waals surface area contributed by atoms with Crippen molar-refractivity contribution in [1.29, 1.82) is 0 Å². The molecule has 0 bridgehead atoms. The Bertz CT molecular complexity index is 217. The number of aliphatic hydroxyl groups is 1. The predicted octanol–water partition coefficient (Wildman–Crippen LogP) is 0.846. The molecular formula is C13H28N2O2. The summed E-state index contributed by atoms with van der Waals surface area (Å²) >= 11 is 0. The quantitative estimate of drug-likeness (QED) is 0.727. The maximum atomic E-state index is 9.57. The highest BCUT2D eigenvalue weighted by Crippen LogP contribution is 2.16. The number of hydrogen-bond acceptors (Lipinski definition) is 4. The summed E-state index contributed by atoms with van der Waals surface area (Å²) in [7, 11) is 2.14. The van der Waals surface area contributed by atoms with Crippen LogP contribution >= 0.6 is 0 Å². The first kappa shape index (κ1) is 14.9. The van der Waals surface area contributed by atoms with E-state index in [2.05, 4.69) is 38.0 Å². The topological polar surface area (TPSA) is 44.7 Å². The van der Waals surface area contributed by atoms with Crippen molar-refractivity contribution >= 4 is 0 Å². The summed E-state index contributed by atoms with van der Waals surface area (Å²) in [5, 5.41) is 13.0. The van der Waals surface area contributed by atoms with Crippen molar-refractivity contribution in [2.75, 3.05) is 33.4 Å². The van der Waals surface area contributed by atoms with E-state index in [9.17, 15) is 5.11 Å². The van der Waals surface area contributed by atoms with Gasteiger partial charge in [0.1, 0.15) is 0 Å². The van der Waals surface area contributed by atoms with Crippen LogP contribution in [0.15, 0.2) is 0 Å². The zero-order valence-corrected chi connectivity index (χ0v) is 11.7. The maximum Gasteiger partial charge on any atom is 0.0623 e. The molecule has 1 aliphatic rings. The van der Waals surface area contributed by atoms with E-state index in [-0.39, 0.29) is 12.1 Å². The van der Waals surface area contributed by atoms with Gasteiger partial charge in [-0.05, 0) is 26.8 Å². The van der Waals surface area contributed by atoms with Gasteiger partial charge in [0.2, 0.25) is 0 Å². The first-order chi connectivity index (χ1) is 7.97. The van der Waals surface area contributed by atoms with E-state index in [1.807, 2.05) is 0 Å². The van der Waals surface area contributed by atoms with Crippen LogP contribution < -0.4 is 5.32 Å². The molecule has 0 aromatic rings. The molecule has 4 nitrogen and oxygen atoms in total. The Hall–Kier alpha value is -0.160. The van der Waals surface area contributed by atoms with E-state index in [0.29, 0.717) is 12.1 Å². The maximum absolute atomic E-state index is 9.57. The third-order valence-electron chi connectivity index (χ3n) is 3.40. The summed E-state index contributed by atoms with van der Waals surface area (Å²) in [4.78, 5) is 2.36. The third-order valence-corrected chi connectivity index (χ3v) is 3.40. The first-order valence-electron chi connectivity index (χ1n) is 6.63. The molecule has 1 aliphatic heterocycles. The number of ether oxygens (including phenoxy) is 1. The Morgan fingerprint density at radius 1 is 1.41 bits per heavy atom. The minimum Gasteiger partial charge on any atom is -0.394 e. The number of nitrogens with one attached hydrogen (secondary N) is 1. The summed E-state index contributed by atoms with van der Waals surface area (Å²) in [5.74, 6) is 0. The van der Waals surface area contributed by atoms with Crippen LogP contribution in [-0.2, 0) is 4.74 Å². The fourth-order valence-electron chi connectivity index (χ4n) is 2.64. The molecule has 17 heavy (non-hydrogen) atoms. The van der Waals surface area contributed by atoms with E-state index >= 15 is 0 Å². The van der Waals surface area contributed by atoms with Crippen LogP contribution in [0.3, 0.4) is 0 Å². The molecule has 0 spiro atoms. The molecule has 1 fully saturated rings. The van der Waals surface area contributed by atoms with E-state index in [1.54, 1.807) is 0 Å². The van der Waals surface area contributed by atoms with Crippen molar-refractivity contribution in [3.8, 4) is 0 Å². The molecule has 2 N–H and O–H groups in total. The summed E-state index contributed by atoms with van der Waals surface area (Å²) < 4.78 is 5.38. The second-order valence-corrected chi connectivity index (χ2v) is 5.78. The Labute approximate surface area is 105 Å². The summed E-state index contributed by atoms with van der Waals surface area (Å²) in [6, 6.07) is 0.971. The lowest BCUT2D eigenvalue weighted by Gasteiger charge is -2.39.